The zero-order valence-electron chi connectivity index (χ0n) is 16.1. The van der Waals surface area contributed by atoms with Crippen LogP contribution in [0, 0.1) is 5.82 Å². The molecule has 0 spiro atoms. The highest BCUT2D eigenvalue weighted by Crippen LogP contribution is 2.13. The van der Waals surface area contributed by atoms with Crippen molar-refractivity contribution in [1.82, 2.24) is 25.1 Å². The third-order valence-electron chi connectivity index (χ3n) is 5.16. The van der Waals surface area contributed by atoms with Gasteiger partial charge in [0, 0.05) is 33.1 Å². The Morgan fingerprint density at radius 3 is 2.85 bits per heavy atom. The van der Waals surface area contributed by atoms with Crippen molar-refractivity contribution in [3.63, 3.8) is 0 Å². The summed E-state index contributed by atoms with van der Waals surface area (Å²) < 4.78 is 13.2. The third kappa shape index (κ3) is 5.92. The number of hydrogen-bond donors (Lipinski definition) is 2. The number of nitrogens with zero attached hydrogens (tertiary/aromatic N) is 3. The summed E-state index contributed by atoms with van der Waals surface area (Å²) in [5, 5.41) is 2.96. The summed E-state index contributed by atoms with van der Waals surface area (Å²) >= 11 is 0. The first kappa shape index (κ1) is 19.6. The Morgan fingerprint density at radius 1 is 1.30 bits per heavy atom. The van der Waals surface area contributed by atoms with Crippen molar-refractivity contribution in [2.75, 3.05) is 39.8 Å². The highest BCUT2D eigenvalue weighted by molar-refractivity contribution is 5.75. The molecule has 7 heteroatoms. The molecule has 2 aromatic rings. The number of rotatable bonds is 7. The van der Waals surface area contributed by atoms with Crippen molar-refractivity contribution in [1.29, 1.82) is 0 Å². The van der Waals surface area contributed by atoms with Crippen LogP contribution in [-0.2, 0) is 6.42 Å². The molecular formula is C20H30FN5O. The average molecular weight is 375 g/mol. The van der Waals surface area contributed by atoms with Gasteiger partial charge in [-0.3, -0.25) is 0 Å². The maximum atomic E-state index is 13.2. The van der Waals surface area contributed by atoms with E-state index in [2.05, 4.69) is 20.2 Å². The summed E-state index contributed by atoms with van der Waals surface area (Å²) in [6.07, 6.45) is 6.69. The zero-order valence-corrected chi connectivity index (χ0v) is 16.1. The molecule has 1 aromatic carbocycles. The van der Waals surface area contributed by atoms with Gasteiger partial charge in [-0.2, -0.15) is 0 Å². The highest BCUT2D eigenvalue weighted by atomic mass is 19.1. The van der Waals surface area contributed by atoms with Crippen molar-refractivity contribution >= 4 is 17.1 Å². The molecule has 1 fully saturated rings. The number of amides is 2. The van der Waals surface area contributed by atoms with Gasteiger partial charge in [0.25, 0.3) is 0 Å². The molecule has 6 nitrogen and oxygen atoms in total. The summed E-state index contributed by atoms with van der Waals surface area (Å²) in [6, 6.07) is 4.50. The Balaban J connectivity index is 1.34. The van der Waals surface area contributed by atoms with Crippen molar-refractivity contribution in [2.45, 2.75) is 38.5 Å². The molecule has 1 saturated heterocycles. The number of urea groups is 1. The topological polar surface area (TPSA) is 64.3 Å². The van der Waals surface area contributed by atoms with Gasteiger partial charge in [-0.25, -0.2) is 14.2 Å². The van der Waals surface area contributed by atoms with Gasteiger partial charge < -0.3 is 20.1 Å². The van der Waals surface area contributed by atoms with Crippen molar-refractivity contribution in [3.05, 3.63) is 29.8 Å². The van der Waals surface area contributed by atoms with Crippen LogP contribution in [-0.4, -0.2) is 65.6 Å². The van der Waals surface area contributed by atoms with Crippen LogP contribution in [0.25, 0.3) is 11.0 Å². The molecule has 0 bridgehead atoms. The predicted molar refractivity (Wildman–Crippen MR) is 105 cm³/mol. The number of benzene rings is 1. The number of fused-ring (bicyclic) bond motifs is 1. The largest absolute Gasteiger partial charge is 0.342 e. The average Bonchev–Trinajstić information content (AvgIpc) is 2.87. The van der Waals surface area contributed by atoms with Gasteiger partial charge in [0.15, 0.2) is 0 Å². The second kappa shape index (κ2) is 9.69. The number of likely N-dealkylation sites (tertiary alicyclic amines) is 1. The number of imidazole rings is 1. The van der Waals surface area contributed by atoms with Gasteiger partial charge in [0.05, 0.1) is 11.0 Å². The molecule has 1 aliphatic heterocycles. The number of aromatic amines is 1. The lowest BCUT2D eigenvalue weighted by Gasteiger charge is -2.24. The van der Waals surface area contributed by atoms with E-state index in [1.165, 1.54) is 37.8 Å². The van der Waals surface area contributed by atoms with E-state index in [9.17, 15) is 9.18 Å². The number of carbonyl (C=O) groups is 1. The normalized spacial score (nSPS) is 15.6. The quantitative estimate of drug-likeness (QED) is 0.731. The second-order valence-electron chi connectivity index (χ2n) is 7.36. The number of carbonyl (C=O) groups excluding carboxylic acids is 1. The molecule has 0 radical (unpaired) electrons. The molecule has 0 atom stereocenters. The zero-order chi connectivity index (χ0) is 19.1. The molecule has 2 heterocycles. The first-order valence-corrected chi connectivity index (χ1v) is 9.97. The second-order valence-corrected chi connectivity index (χ2v) is 7.36. The minimum Gasteiger partial charge on any atom is -0.342 e. The van der Waals surface area contributed by atoms with Crippen LogP contribution >= 0.6 is 0 Å². The Bertz CT molecular complexity index is 739. The summed E-state index contributed by atoms with van der Waals surface area (Å²) in [7, 11) is 1.85. The molecule has 0 aliphatic carbocycles. The molecule has 27 heavy (non-hydrogen) atoms. The molecule has 2 amide bonds. The Hall–Kier alpha value is -2.15. The van der Waals surface area contributed by atoms with Gasteiger partial charge in [0.2, 0.25) is 0 Å². The highest BCUT2D eigenvalue weighted by Gasteiger charge is 2.12. The van der Waals surface area contributed by atoms with Gasteiger partial charge in [-0.15, -0.1) is 0 Å². The number of aryl methyl sites for hydroxylation is 1. The summed E-state index contributed by atoms with van der Waals surface area (Å²) in [5.74, 6) is 0.549. The third-order valence-corrected chi connectivity index (χ3v) is 5.16. The van der Waals surface area contributed by atoms with Crippen molar-refractivity contribution < 1.29 is 9.18 Å². The molecule has 3 rings (SSSR count). The number of likely N-dealkylation sites (N-methyl/N-ethyl adjacent to an activating group) is 1. The van der Waals surface area contributed by atoms with E-state index in [0.29, 0.717) is 18.5 Å². The monoisotopic (exact) mass is 375 g/mol. The van der Waals surface area contributed by atoms with Crippen LogP contribution in [0.5, 0.6) is 0 Å². The van der Waals surface area contributed by atoms with Gasteiger partial charge in [-0.1, -0.05) is 12.8 Å². The maximum Gasteiger partial charge on any atom is 0.317 e. The summed E-state index contributed by atoms with van der Waals surface area (Å²) in [4.78, 5) is 24.0. The molecule has 1 aromatic heterocycles. The number of H-pyrrole nitrogens is 1. The van der Waals surface area contributed by atoms with Gasteiger partial charge in [-0.05, 0) is 50.6 Å². The first-order chi connectivity index (χ1) is 13.1. The van der Waals surface area contributed by atoms with Crippen LogP contribution in [0.15, 0.2) is 18.2 Å². The van der Waals surface area contributed by atoms with E-state index in [1.807, 2.05) is 7.05 Å². The van der Waals surface area contributed by atoms with E-state index >= 15 is 0 Å². The Kier molecular flexibility index (Phi) is 7.04. The SMILES string of the molecule is CN(CCN1CCCCCC1)C(=O)NCCCc1nc2ccc(F)cc2[nH]1. The van der Waals surface area contributed by atoms with E-state index in [1.54, 1.807) is 11.0 Å². The lowest BCUT2D eigenvalue weighted by atomic mass is 10.2. The number of halogens is 1. The van der Waals surface area contributed by atoms with E-state index in [0.717, 1.165) is 43.9 Å². The Morgan fingerprint density at radius 2 is 2.07 bits per heavy atom. The molecule has 0 unspecified atom stereocenters. The predicted octanol–water partition coefficient (Wildman–Crippen LogP) is 3.15. The summed E-state index contributed by atoms with van der Waals surface area (Å²) in [5.41, 5.74) is 1.48. The lowest BCUT2D eigenvalue weighted by molar-refractivity contribution is 0.195. The van der Waals surface area contributed by atoms with Gasteiger partial charge >= 0.3 is 6.03 Å². The maximum absolute atomic E-state index is 13.2. The minimum absolute atomic E-state index is 0.0310. The van der Waals surface area contributed by atoms with Gasteiger partial charge in [0.1, 0.15) is 11.6 Å². The number of hydrogen-bond acceptors (Lipinski definition) is 3. The first-order valence-electron chi connectivity index (χ1n) is 9.97. The van der Waals surface area contributed by atoms with Crippen LogP contribution < -0.4 is 5.32 Å². The minimum atomic E-state index is -0.270. The molecular weight excluding hydrogens is 345 g/mol. The van der Waals surface area contributed by atoms with Crippen molar-refractivity contribution in [3.8, 4) is 0 Å². The van der Waals surface area contributed by atoms with Crippen LogP contribution in [0.4, 0.5) is 9.18 Å². The smallest absolute Gasteiger partial charge is 0.317 e. The standard InChI is InChI=1S/C20H30FN5O/c1-25(13-14-26-11-4-2-3-5-12-26)20(27)22-10-6-7-19-23-17-9-8-16(21)15-18(17)24-19/h8-9,15H,2-7,10-14H2,1H3,(H,22,27)(H,23,24). The van der Waals surface area contributed by atoms with E-state index in [4.69, 9.17) is 0 Å². The lowest BCUT2D eigenvalue weighted by Crippen LogP contribution is -2.42. The fourth-order valence-corrected chi connectivity index (χ4v) is 3.49. The fourth-order valence-electron chi connectivity index (χ4n) is 3.49. The van der Waals surface area contributed by atoms with E-state index < -0.39 is 0 Å². The van der Waals surface area contributed by atoms with Crippen LogP contribution in [0.3, 0.4) is 0 Å². The Labute approximate surface area is 160 Å². The summed E-state index contributed by atoms with van der Waals surface area (Å²) in [6.45, 7) is 4.59. The van der Waals surface area contributed by atoms with E-state index in [-0.39, 0.29) is 11.8 Å². The number of aromatic nitrogens is 2. The van der Waals surface area contributed by atoms with Crippen molar-refractivity contribution in [2.24, 2.45) is 0 Å². The molecule has 1 aliphatic rings. The number of nitrogens with one attached hydrogen (secondary N) is 2. The fraction of sp³-hybridized carbons (Fsp3) is 0.600. The van der Waals surface area contributed by atoms with Crippen LogP contribution in [0.2, 0.25) is 0 Å². The molecule has 0 saturated carbocycles. The molecule has 2 N–H and O–H groups in total. The van der Waals surface area contributed by atoms with Crippen LogP contribution in [0.1, 0.15) is 37.9 Å². The molecule has 148 valence electrons.